The van der Waals surface area contributed by atoms with Crippen LogP contribution >= 0.6 is 0 Å². The van der Waals surface area contributed by atoms with Gasteiger partial charge in [0, 0.05) is 25.0 Å². The van der Waals surface area contributed by atoms with Crippen LogP contribution in [-0.4, -0.2) is 38.1 Å². The van der Waals surface area contributed by atoms with Gasteiger partial charge in [-0.3, -0.25) is 4.79 Å². The van der Waals surface area contributed by atoms with Crippen LogP contribution in [0.25, 0.3) is 0 Å². The Kier molecular flexibility index (Phi) is 4.78. The van der Waals surface area contributed by atoms with Crippen LogP contribution in [0.3, 0.4) is 0 Å². The molecule has 1 aliphatic heterocycles. The highest BCUT2D eigenvalue weighted by Crippen LogP contribution is 2.32. The van der Waals surface area contributed by atoms with E-state index in [0.29, 0.717) is 17.4 Å². The number of nitrogens with one attached hydrogen (secondary N) is 1. The van der Waals surface area contributed by atoms with Gasteiger partial charge in [0.05, 0.1) is 18.4 Å². The molecule has 5 nitrogen and oxygen atoms in total. The topological polar surface area (TPSA) is 58.6 Å². The molecule has 24 heavy (non-hydrogen) atoms. The Hall–Kier alpha value is -2.04. The number of nitrogens with zero attached hydrogens (tertiary/aromatic N) is 1. The number of esters is 1. The van der Waals surface area contributed by atoms with Crippen LogP contribution in [0.1, 0.15) is 37.0 Å². The molecule has 0 spiro atoms. The number of methoxy groups -OCH3 is 1. The van der Waals surface area contributed by atoms with Gasteiger partial charge in [-0.25, -0.2) is 4.79 Å². The average molecular weight is 330 g/mol. The van der Waals surface area contributed by atoms with E-state index in [2.05, 4.69) is 24.1 Å². The first-order valence-electron chi connectivity index (χ1n) is 8.74. The van der Waals surface area contributed by atoms with Gasteiger partial charge < -0.3 is 15.0 Å². The third-order valence-electron chi connectivity index (χ3n) is 5.15. The van der Waals surface area contributed by atoms with E-state index in [0.717, 1.165) is 31.6 Å². The van der Waals surface area contributed by atoms with Gasteiger partial charge in [-0.1, -0.05) is 26.0 Å². The highest BCUT2D eigenvalue weighted by molar-refractivity contribution is 5.95. The van der Waals surface area contributed by atoms with Crippen molar-refractivity contribution < 1.29 is 14.3 Å². The third kappa shape index (κ3) is 3.40. The maximum atomic E-state index is 12.1. The first kappa shape index (κ1) is 16.8. The number of anilines is 1. The van der Waals surface area contributed by atoms with Gasteiger partial charge in [-0.05, 0) is 36.8 Å². The maximum absolute atomic E-state index is 12.1. The smallest absolute Gasteiger partial charge is 0.339 e. The highest BCUT2D eigenvalue weighted by atomic mass is 16.5. The number of rotatable bonds is 4. The summed E-state index contributed by atoms with van der Waals surface area (Å²) in [4.78, 5) is 26.4. The fraction of sp³-hybridized carbons (Fsp3) is 0.579. The van der Waals surface area contributed by atoms with Gasteiger partial charge in [-0.15, -0.1) is 0 Å². The summed E-state index contributed by atoms with van der Waals surface area (Å²) in [6.07, 6.45) is 2.06. The van der Waals surface area contributed by atoms with Crippen LogP contribution in [0.4, 0.5) is 5.69 Å². The molecule has 0 bridgehead atoms. The first-order valence-corrected chi connectivity index (χ1v) is 8.74. The Morgan fingerprint density at radius 2 is 1.75 bits per heavy atom. The molecule has 1 amide bonds. The summed E-state index contributed by atoms with van der Waals surface area (Å²) >= 11 is 0. The van der Waals surface area contributed by atoms with Gasteiger partial charge in [0.1, 0.15) is 0 Å². The SMILES string of the molecule is COC(=O)c1ccccc1N1CC(C)C(NC(=O)C2CC2)C(C)C1. The van der Waals surface area contributed by atoms with Crippen LogP contribution in [0.5, 0.6) is 0 Å². The lowest BCUT2D eigenvalue weighted by Gasteiger charge is -2.43. The molecule has 2 unspecified atom stereocenters. The second-order valence-corrected chi connectivity index (χ2v) is 7.18. The molecule has 2 fully saturated rings. The van der Waals surface area contributed by atoms with Crippen LogP contribution in [-0.2, 0) is 9.53 Å². The molecule has 1 saturated carbocycles. The van der Waals surface area contributed by atoms with E-state index in [9.17, 15) is 9.59 Å². The summed E-state index contributed by atoms with van der Waals surface area (Å²) in [5.41, 5.74) is 1.51. The van der Waals surface area contributed by atoms with E-state index in [4.69, 9.17) is 4.74 Å². The van der Waals surface area contributed by atoms with Crippen molar-refractivity contribution in [3.63, 3.8) is 0 Å². The van der Waals surface area contributed by atoms with E-state index < -0.39 is 0 Å². The molecule has 1 aromatic carbocycles. The lowest BCUT2D eigenvalue weighted by atomic mass is 9.85. The predicted molar refractivity (Wildman–Crippen MR) is 93.0 cm³/mol. The van der Waals surface area contributed by atoms with Gasteiger partial charge in [0.15, 0.2) is 0 Å². The number of hydrogen-bond donors (Lipinski definition) is 1. The van der Waals surface area contributed by atoms with E-state index in [1.165, 1.54) is 7.11 Å². The molecule has 0 radical (unpaired) electrons. The third-order valence-corrected chi connectivity index (χ3v) is 5.15. The van der Waals surface area contributed by atoms with E-state index in [-0.39, 0.29) is 23.8 Å². The molecule has 2 atom stereocenters. The van der Waals surface area contributed by atoms with Crippen molar-refractivity contribution >= 4 is 17.6 Å². The summed E-state index contributed by atoms with van der Waals surface area (Å²) in [6, 6.07) is 7.76. The van der Waals surface area contributed by atoms with Gasteiger partial charge in [0.25, 0.3) is 0 Å². The van der Waals surface area contributed by atoms with E-state index in [1.807, 2.05) is 18.2 Å². The fourth-order valence-corrected chi connectivity index (χ4v) is 3.70. The number of para-hydroxylation sites is 1. The largest absolute Gasteiger partial charge is 0.465 e. The zero-order valence-electron chi connectivity index (χ0n) is 14.6. The normalized spacial score (nSPS) is 26.8. The molecular weight excluding hydrogens is 304 g/mol. The van der Waals surface area contributed by atoms with Gasteiger partial charge >= 0.3 is 5.97 Å². The molecule has 2 aliphatic rings. The number of carbonyl (C=O) groups is 2. The zero-order chi connectivity index (χ0) is 17.3. The van der Waals surface area contributed by atoms with Crippen LogP contribution in [0, 0.1) is 17.8 Å². The van der Waals surface area contributed by atoms with Crippen LogP contribution in [0.2, 0.25) is 0 Å². The summed E-state index contributed by atoms with van der Waals surface area (Å²) < 4.78 is 4.91. The number of piperidine rings is 1. The quantitative estimate of drug-likeness (QED) is 0.862. The molecule has 1 aliphatic carbocycles. The number of ether oxygens (including phenoxy) is 1. The number of hydrogen-bond acceptors (Lipinski definition) is 4. The average Bonchev–Trinajstić information content (AvgIpc) is 3.42. The minimum absolute atomic E-state index is 0.194. The van der Waals surface area contributed by atoms with Crippen molar-refractivity contribution in [3.8, 4) is 0 Å². The standard InChI is InChI=1S/C19H26N2O3/c1-12-10-21(16-7-5-4-6-15(16)19(23)24-3)11-13(2)17(12)20-18(22)14-8-9-14/h4-7,12-14,17H,8-11H2,1-3H3,(H,20,22). The summed E-state index contributed by atoms with van der Waals surface area (Å²) in [7, 11) is 1.41. The van der Waals surface area contributed by atoms with Gasteiger partial charge in [-0.2, -0.15) is 0 Å². The molecule has 3 rings (SSSR count). The Balaban J connectivity index is 1.74. The molecule has 5 heteroatoms. The lowest BCUT2D eigenvalue weighted by molar-refractivity contribution is -0.123. The lowest BCUT2D eigenvalue weighted by Crippen LogP contribution is -2.55. The highest BCUT2D eigenvalue weighted by Gasteiger charge is 2.37. The summed E-state index contributed by atoms with van der Waals surface area (Å²) in [5, 5.41) is 3.24. The summed E-state index contributed by atoms with van der Waals surface area (Å²) in [6.45, 7) is 5.96. The van der Waals surface area contributed by atoms with Crippen molar-refractivity contribution in [2.24, 2.45) is 17.8 Å². The van der Waals surface area contributed by atoms with Crippen LogP contribution in [0.15, 0.2) is 24.3 Å². The Morgan fingerprint density at radius 3 is 2.33 bits per heavy atom. The molecule has 0 aromatic heterocycles. The molecule has 1 heterocycles. The van der Waals surface area contributed by atoms with Crippen molar-refractivity contribution in [1.29, 1.82) is 0 Å². The second kappa shape index (κ2) is 6.83. The van der Waals surface area contributed by atoms with Crippen molar-refractivity contribution in [1.82, 2.24) is 5.32 Å². The van der Waals surface area contributed by atoms with E-state index in [1.54, 1.807) is 6.07 Å². The monoisotopic (exact) mass is 330 g/mol. The molecular formula is C19H26N2O3. The summed E-state index contributed by atoms with van der Waals surface area (Å²) in [5.74, 6) is 0.781. The molecule has 1 saturated heterocycles. The number of amides is 1. The first-order chi connectivity index (χ1) is 11.5. The number of benzene rings is 1. The van der Waals surface area contributed by atoms with E-state index >= 15 is 0 Å². The maximum Gasteiger partial charge on any atom is 0.339 e. The molecule has 130 valence electrons. The zero-order valence-corrected chi connectivity index (χ0v) is 14.6. The Labute approximate surface area is 143 Å². The number of carbonyl (C=O) groups excluding carboxylic acids is 2. The molecule has 1 aromatic rings. The molecule has 1 N–H and O–H groups in total. The Bertz CT molecular complexity index is 615. The van der Waals surface area contributed by atoms with Crippen LogP contribution < -0.4 is 10.2 Å². The van der Waals surface area contributed by atoms with Crippen molar-refractivity contribution in [3.05, 3.63) is 29.8 Å². The minimum atomic E-state index is -0.310. The Morgan fingerprint density at radius 1 is 1.12 bits per heavy atom. The predicted octanol–water partition coefficient (Wildman–Crippen LogP) is 2.46. The van der Waals surface area contributed by atoms with Crippen molar-refractivity contribution in [2.75, 3.05) is 25.1 Å². The van der Waals surface area contributed by atoms with Crippen molar-refractivity contribution in [2.45, 2.75) is 32.7 Å². The fourth-order valence-electron chi connectivity index (χ4n) is 3.70. The van der Waals surface area contributed by atoms with Gasteiger partial charge in [0.2, 0.25) is 5.91 Å². The minimum Gasteiger partial charge on any atom is -0.465 e. The second-order valence-electron chi connectivity index (χ2n) is 7.18.